The second kappa shape index (κ2) is 12.0. The van der Waals surface area contributed by atoms with Crippen molar-refractivity contribution in [3.8, 4) is 22.9 Å². The van der Waals surface area contributed by atoms with Gasteiger partial charge in [-0.25, -0.2) is 4.79 Å². The number of carbonyl (C=O) groups is 1. The van der Waals surface area contributed by atoms with Crippen LogP contribution in [0.15, 0.2) is 46.5 Å². The van der Waals surface area contributed by atoms with Crippen LogP contribution in [0, 0.1) is 10.1 Å². The van der Waals surface area contributed by atoms with Crippen LogP contribution < -0.4 is 14.4 Å². The number of nitro groups is 1. The molecule has 0 radical (unpaired) electrons. The van der Waals surface area contributed by atoms with Crippen molar-refractivity contribution < 1.29 is 24.3 Å². The fraction of sp³-hybridized carbons (Fsp3) is 0.346. The number of aromatic nitrogens is 3. The maximum Gasteiger partial charge on any atom is 0.342 e. The number of rotatable bonds is 10. The number of ether oxygens (including phenoxy) is 2. The van der Waals surface area contributed by atoms with Crippen LogP contribution >= 0.6 is 11.8 Å². The molecule has 1 fully saturated rings. The van der Waals surface area contributed by atoms with Gasteiger partial charge in [-0.1, -0.05) is 0 Å². The number of carboxylic acids is 1. The van der Waals surface area contributed by atoms with E-state index >= 15 is 0 Å². The van der Waals surface area contributed by atoms with Crippen LogP contribution in [0.5, 0.6) is 11.5 Å². The van der Waals surface area contributed by atoms with Crippen molar-refractivity contribution in [2.24, 2.45) is 0 Å². The van der Waals surface area contributed by atoms with Gasteiger partial charge in [-0.15, -0.1) is 10.2 Å². The van der Waals surface area contributed by atoms with Crippen LogP contribution in [0.1, 0.15) is 31.7 Å². The summed E-state index contributed by atoms with van der Waals surface area (Å²) in [6, 6.07) is 9.92. The molecular weight excluding hydrogens is 510 g/mol. The van der Waals surface area contributed by atoms with Crippen LogP contribution in [0.25, 0.3) is 17.5 Å². The molecule has 1 aromatic heterocycles. The first-order valence-corrected chi connectivity index (χ1v) is 13.0. The van der Waals surface area contributed by atoms with Crippen molar-refractivity contribution in [1.82, 2.24) is 14.8 Å². The predicted molar refractivity (Wildman–Crippen MR) is 145 cm³/mol. The molecule has 0 bridgehead atoms. The van der Waals surface area contributed by atoms with Crippen molar-refractivity contribution in [1.29, 1.82) is 0 Å². The summed E-state index contributed by atoms with van der Waals surface area (Å²) in [5.74, 6) is 0.533. The Balaban J connectivity index is 1.75. The largest absolute Gasteiger partial charge is 0.497 e. The Morgan fingerprint density at radius 2 is 1.79 bits per heavy atom. The molecule has 2 heterocycles. The lowest BCUT2D eigenvalue weighted by molar-refractivity contribution is -0.384. The lowest BCUT2D eigenvalue weighted by Gasteiger charge is -2.30. The second-order valence-corrected chi connectivity index (χ2v) is 9.62. The quantitative estimate of drug-likeness (QED) is 0.161. The smallest absolute Gasteiger partial charge is 0.342 e. The van der Waals surface area contributed by atoms with Gasteiger partial charge in [0.15, 0.2) is 11.0 Å². The van der Waals surface area contributed by atoms with E-state index in [0.717, 1.165) is 49.8 Å². The van der Waals surface area contributed by atoms with Gasteiger partial charge in [-0.3, -0.25) is 10.1 Å². The van der Waals surface area contributed by atoms with Gasteiger partial charge in [0.2, 0.25) is 0 Å². The van der Waals surface area contributed by atoms with E-state index in [2.05, 4.69) is 15.1 Å². The lowest BCUT2D eigenvalue weighted by Crippen LogP contribution is -2.29. The zero-order valence-electron chi connectivity index (χ0n) is 21.4. The number of thioether (sulfide) groups is 1. The summed E-state index contributed by atoms with van der Waals surface area (Å²) in [6.07, 6.45) is 4.63. The molecule has 0 saturated carbocycles. The molecule has 3 aromatic rings. The highest BCUT2D eigenvalue weighted by molar-refractivity contribution is 8.04. The number of carboxylic acid groups (broad SMARTS) is 1. The van der Waals surface area contributed by atoms with Gasteiger partial charge in [-0.2, -0.15) is 0 Å². The Labute approximate surface area is 224 Å². The number of anilines is 1. The zero-order chi connectivity index (χ0) is 27.2. The average Bonchev–Trinajstić information content (AvgIpc) is 3.35. The van der Waals surface area contributed by atoms with E-state index in [9.17, 15) is 20.0 Å². The van der Waals surface area contributed by atoms with Gasteiger partial charge in [0.1, 0.15) is 16.4 Å². The third-order valence-corrected chi connectivity index (χ3v) is 7.26. The minimum absolute atomic E-state index is 0.0272. The Morgan fingerprint density at radius 3 is 2.37 bits per heavy atom. The van der Waals surface area contributed by atoms with Crippen LogP contribution in [-0.2, 0) is 11.3 Å². The second-order valence-electron chi connectivity index (χ2n) is 8.62. The van der Waals surface area contributed by atoms with Crippen molar-refractivity contribution in [2.75, 3.05) is 32.2 Å². The zero-order valence-corrected chi connectivity index (χ0v) is 22.2. The number of nitro benzene ring substituents is 1. The van der Waals surface area contributed by atoms with Crippen molar-refractivity contribution >= 4 is 35.2 Å². The highest BCUT2D eigenvalue weighted by Gasteiger charge is 2.22. The Morgan fingerprint density at radius 1 is 1.11 bits per heavy atom. The minimum Gasteiger partial charge on any atom is -0.497 e. The fourth-order valence-electron chi connectivity index (χ4n) is 4.37. The van der Waals surface area contributed by atoms with Crippen molar-refractivity contribution in [2.45, 2.75) is 37.9 Å². The molecule has 1 saturated heterocycles. The van der Waals surface area contributed by atoms with Crippen LogP contribution in [0.2, 0.25) is 0 Å². The van der Waals surface area contributed by atoms with Crippen LogP contribution in [0.4, 0.5) is 11.4 Å². The molecule has 0 atom stereocenters. The molecule has 4 rings (SSSR count). The molecule has 1 aliphatic heterocycles. The molecule has 38 heavy (non-hydrogen) atoms. The number of nitrogens with zero attached hydrogens (tertiary/aromatic N) is 5. The van der Waals surface area contributed by atoms with E-state index in [1.54, 1.807) is 43.1 Å². The normalized spacial score (nSPS) is 13.9. The van der Waals surface area contributed by atoms with Gasteiger partial charge in [0.05, 0.1) is 19.1 Å². The first-order valence-electron chi connectivity index (χ1n) is 12.2. The summed E-state index contributed by atoms with van der Waals surface area (Å²) in [4.78, 5) is 25.4. The van der Waals surface area contributed by atoms with Gasteiger partial charge in [0.25, 0.3) is 5.69 Å². The van der Waals surface area contributed by atoms with E-state index < -0.39 is 10.9 Å². The first-order chi connectivity index (χ1) is 18.3. The highest BCUT2D eigenvalue weighted by atomic mass is 32.2. The highest BCUT2D eigenvalue weighted by Crippen LogP contribution is 2.36. The third-order valence-electron chi connectivity index (χ3n) is 6.26. The van der Waals surface area contributed by atoms with Gasteiger partial charge < -0.3 is 24.0 Å². The minimum atomic E-state index is -1.17. The number of hydrogen-bond acceptors (Lipinski definition) is 9. The predicted octanol–water partition coefficient (Wildman–Crippen LogP) is 5.10. The molecule has 1 aliphatic rings. The van der Waals surface area contributed by atoms with E-state index in [0.29, 0.717) is 40.2 Å². The molecule has 12 heteroatoms. The number of non-ortho nitro benzene ring substituents is 1. The monoisotopic (exact) mass is 539 g/mol. The Hall–Kier alpha value is -4.06. The maximum absolute atomic E-state index is 12.3. The first kappa shape index (κ1) is 27.0. The van der Waals surface area contributed by atoms with Crippen LogP contribution in [0.3, 0.4) is 0 Å². The molecule has 0 amide bonds. The average molecular weight is 540 g/mol. The lowest BCUT2D eigenvalue weighted by atomic mass is 10.1. The summed E-state index contributed by atoms with van der Waals surface area (Å²) in [5, 5.41) is 30.5. The summed E-state index contributed by atoms with van der Waals surface area (Å²) < 4.78 is 12.5. The number of aliphatic carboxylic acids is 1. The summed E-state index contributed by atoms with van der Waals surface area (Å²) in [6.45, 7) is 4.01. The van der Waals surface area contributed by atoms with E-state index in [-0.39, 0.29) is 10.6 Å². The number of hydrogen-bond donors (Lipinski definition) is 1. The molecule has 2 aromatic carbocycles. The molecule has 0 unspecified atom stereocenters. The number of benzene rings is 2. The number of piperidine rings is 1. The summed E-state index contributed by atoms with van der Waals surface area (Å²) >= 11 is 0.948. The molecule has 200 valence electrons. The Bertz CT molecular complexity index is 1340. The van der Waals surface area contributed by atoms with Crippen molar-refractivity contribution in [3.63, 3.8) is 0 Å². The number of methoxy groups -OCH3 is 2. The third kappa shape index (κ3) is 5.91. The van der Waals surface area contributed by atoms with E-state index in [1.807, 2.05) is 6.92 Å². The molecular formula is C26H29N5O6S. The van der Waals surface area contributed by atoms with Gasteiger partial charge in [0, 0.05) is 54.6 Å². The molecule has 1 N–H and O–H groups in total. The molecule has 11 nitrogen and oxygen atoms in total. The molecule has 0 aliphatic carbocycles. The molecule has 0 spiro atoms. The summed E-state index contributed by atoms with van der Waals surface area (Å²) in [5.41, 5.74) is 1.86. The SMILES string of the molecule is CCn1c(S/C(=C/c2cc([N+](=O)[O-])ccc2N2CCCCC2)C(=O)O)nnc1-c1cc(OC)cc(OC)c1. The Kier molecular flexibility index (Phi) is 8.52. The van der Waals surface area contributed by atoms with E-state index in [4.69, 9.17) is 9.47 Å². The van der Waals surface area contributed by atoms with Gasteiger partial charge >= 0.3 is 5.97 Å². The van der Waals surface area contributed by atoms with Crippen molar-refractivity contribution in [3.05, 3.63) is 57.0 Å². The van der Waals surface area contributed by atoms with Crippen LogP contribution in [-0.4, -0.2) is 58.1 Å². The topological polar surface area (TPSA) is 133 Å². The maximum atomic E-state index is 12.3. The standard InChI is InChI=1S/C26H29N5O6S/c1-4-30-24(18-13-20(36-2)16-21(14-18)37-3)27-28-26(30)38-23(25(32)33)15-17-12-19(31(34)35)8-9-22(17)29-10-6-5-7-11-29/h8-9,12-16H,4-7,10-11H2,1-3H3,(H,32,33)/b23-15+. The fourth-order valence-corrected chi connectivity index (χ4v) is 5.24. The van der Waals surface area contributed by atoms with E-state index in [1.165, 1.54) is 18.2 Å². The van der Waals surface area contributed by atoms with Gasteiger partial charge in [-0.05, 0) is 62.2 Å². The summed E-state index contributed by atoms with van der Waals surface area (Å²) in [7, 11) is 3.11.